The van der Waals surface area contributed by atoms with Crippen LogP contribution in [0.5, 0.6) is 5.75 Å². The van der Waals surface area contributed by atoms with Crippen LogP contribution in [0.2, 0.25) is 0 Å². The fourth-order valence-corrected chi connectivity index (χ4v) is 4.12. The first-order chi connectivity index (χ1) is 11.3. The molecule has 1 N–H and O–H groups in total. The molecule has 0 saturated carbocycles. The Kier molecular flexibility index (Phi) is 4.29. The van der Waals surface area contributed by atoms with Gasteiger partial charge in [-0.3, -0.25) is 4.79 Å². The highest BCUT2D eigenvalue weighted by molar-refractivity contribution is 8.00. The normalized spacial score (nSPS) is 29.7. The van der Waals surface area contributed by atoms with Crippen LogP contribution in [0, 0.1) is 5.92 Å². The van der Waals surface area contributed by atoms with Crippen molar-refractivity contribution in [2.75, 3.05) is 26.2 Å². The molecule has 0 aromatic heterocycles. The Morgan fingerprint density at radius 1 is 1.22 bits per heavy atom. The minimum absolute atomic E-state index is 0.0208. The van der Waals surface area contributed by atoms with Crippen LogP contribution in [0.25, 0.3) is 0 Å². The van der Waals surface area contributed by atoms with Crippen molar-refractivity contribution in [1.29, 1.82) is 0 Å². The number of hydrogen-bond donors (Lipinski definition) is 1. The highest BCUT2D eigenvalue weighted by Crippen LogP contribution is 2.28. The number of benzene rings is 1. The highest BCUT2D eigenvalue weighted by atomic mass is 32.2. The molecule has 4 aliphatic heterocycles. The summed E-state index contributed by atoms with van der Waals surface area (Å²) < 4.78 is 1.79. The molecule has 1 aromatic rings. The second kappa shape index (κ2) is 6.55. The van der Waals surface area contributed by atoms with Gasteiger partial charge in [0, 0.05) is 18.2 Å². The van der Waals surface area contributed by atoms with Crippen molar-refractivity contribution in [3.8, 4) is 5.75 Å². The summed E-state index contributed by atoms with van der Waals surface area (Å²) in [6.07, 6.45) is 4.46. The smallest absolute Gasteiger partial charge is 0.251 e. The van der Waals surface area contributed by atoms with Gasteiger partial charge in [0.05, 0.1) is 6.54 Å². The van der Waals surface area contributed by atoms with E-state index in [0.717, 1.165) is 18.8 Å². The molecule has 5 nitrogen and oxygen atoms in total. The van der Waals surface area contributed by atoms with E-state index in [1.807, 2.05) is 35.7 Å². The lowest BCUT2D eigenvalue weighted by molar-refractivity contribution is 0.0619. The summed E-state index contributed by atoms with van der Waals surface area (Å²) in [5, 5.41) is 5.21. The molecule has 1 atom stereocenters. The summed E-state index contributed by atoms with van der Waals surface area (Å²) in [4.78, 5) is 20.6. The van der Waals surface area contributed by atoms with Crippen molar-refractivity contribution < 1.29 is 9.63 Å². The zero-order chi connectivity index (χ0) is 15.6. The lowest BCUT2D eigenvalue weighted by Gasteiger charge is -2.44. The number of hydrogen-bond acceptors (Lipinski definition) is 5. The highest BCUT2D eigenvalue weighted by Gasteiger charge is 2.34. The SMILES string of the molecule is O=C(N[C@H]1CN2CCC1CC2)c1ccc(ON2CC=CS2)cc1. The van der Waals surface area contributed by atoms with Crippen LogP contribution < -0.4 is 10.2 Å². The fourth-order valence-electron chi connectivity index (χ4n) is 3.51. The van der Waals surface area contributed by atoms with Gasteiger partial charge in [0.25, 0.3) is 5.91 Å². The Bertz CT molecular complexity index is 588. The minimum Gasteiger partial charge on any atom is -0.395 e. The Labute approximate surface area is 140 Å². The quantitative estimate of drug-likeness (QED) is 0.858. The van der Waals surface area contributed by atoms with Gasteiger partial charge < -0.3 is 15.1 Å². The van der Waals surface area contributed by atoms with Gasteiger partial charge in [-0.05, 0) is 73.5 Å². The molecule has 5 rings (SSSR count). The molecule has 0 unspecified atom stereocenters. The molecule has 1 amide bonds. The molecular weight excluding hydrogens is 310 g/mol. The molecule has 4 aliphatic rings. The topological polar surface area (TPSA) is 44.8 Å². The lowest BCUT2D eigenvalue weighted by Crippen LogP contribution is -2.57. The number of fused-ring (bicyclic) bond motifs is 3. The molecule has 23 heavy (non-hydrogen) atoms. The number of amides is 1. The van der Waals surface area contributed by atoms with Crippen molar-refractivity contribution in [3.63, 3.8) is 0 Å². The van der Waals surface area contributed by atoms with Crippen LogP contribution in [-0.2, 0) is 0 Å². The van der Waals surface area contributed by atoms with E-state index in [-0.39, 0.29) is 5.91 Å². The average molecular weight is 331 g/mol. The molecule has 0 radical (unpaired) electrons. The maximum absolute atomic E-state index is 12.5. The van der Waals surface area contributed by atoms with Gasteiger partial charge in [-0.2, -0.15) is 0 Å². The third kappa shape index (κ3) is 3.39. The van der Waals surface area contributed by atoms with E-state index in [2.05, 4.69) is 10.2 Å². The lowest BCUT2D eigenvalue weighted by atomic mass is 9.84. The first-order valence-electron chi connectivity index (χ1n) is 8.18. The number of nitrogens with one attached hydrogen (secondary N) is 1. The molecule has 3 fully saturated rings. The molecule has 0 spiro atoms. The summed E-state index contributed by atoms with van der Waals surface area (Å²) in [5.41, 5.74) is 0.695. The summed E-state index contributed by atoms with van der Waals surface area (Å²) in [5.74, 6) is 1.42. The Balaban J connectivity index is 1.35. The van der Waals surface area contributed by atoms with Crippen LogP contribution in [0.15, 0.2) is 35.7 Å². The van der Waals surface area contributed by atoms with E-state index in [0.29, 0.717) is 17.5 Å². The summed E-state index contributed by atoms with van der Waals surface area (Å²) in [6.45, 7) is 4.14. The number of rotatable bonds is 4. The predicted molar refractivity (Wildman–Crippen MR) is 90.9 cm³/mol. The number of nitrogens with zero attached hydrogens (tertiary/aromatic N) is 2. The van der Waals surface area contributed by atoms with Crippen molar-refractivity contribution >= 4 is 17.9 Å². The first-order valence-corrected chi connectivity index (χ1v) is 9.02. The van der Waals surface area contributed by atoms with Crippen LogP contribution in [0.4, 0.5) is 0 Å². The fraction of sp³-hybridized carbons (Fsp3) is 0.471. The molecule has 1 aromatic carbocycles. The number of piperidine rings is 3. The number of hydroxylamine groups is 1. The van der Waals surface area contributed by atoms with E-state index in [9.17, 15) is 4.79 Å². The summed E-state index contributed by atoms with van der Waals surface area (Å²) in [6, 6.07) is 7.67. The van der Waals surface area contributed by atoms with Crippen molar-refractivity contribution in [3.05, 3.63) is 41.3 Å². The molecular formula is C17H21N3O2S. The monoisotopic (exact) mass is 331 g/mol. The number of carbonyl (C=O) groups excluding carboxylic acids is 1. The van der Waals surface area contributed by atoms with Crippen LogP contribution >= 0.6 is 11.9 Å². The van der Waals surface area contributed by atoms with E-state index in [4.69, 9.17) is 4.84 Å². The van der Waals surface area contributed by atoms with E-state index in [1.165, 1.54) is 37.9 Å². The zero-order valence-electron chi connectivity index (χ0n) is 13.0. The molecule has 122 valence electrons. The van der Waals surface area contributed by atoms with Crippen molar-refractivity contribution in [1.82, 2.24) is 14.7 Å². The van der Waals surface area contributed by atoms with Gasteiger partial charge in [0.1, 0.15) is 5.75 Å². The van der Waals surface area contributed by atoms with Crippen LogP contribution in [0.1, 0.15) is 23.2 Å². The second-order valence-electron chi connectivity index (χ2n) is 6.33. The molecule has 3 saturated heterocycles. The molecule has 4 heterocycles. The maximum atomic E-state index is 12.5. The summed E-state index contributed by atoms with van der Waals surface area (Å²) in [7, 11) is 0. The van der Waals surface area contributed by atoms with Crippen molar-refractivity contribution in [2.24, 2.45) is 5.92 Å². The average Bonchev–Trinajstić information content (AvgIpc) is 3.09. The van der Waals surface area contributed by atoms with Crippen LogP contribution in [-0.4, -0.2) is 47.5 Å². The van der Waals surface area contributed by atoms with Gasteiger partial charge in [-0.25, -0.2) is 0 Å². The third-order valence-electron chi connectivity index (χ3n) is 4.83. The molecule has 6 heteroatoms. The minimum atomic E-state index is 0.0208. The van der Waals surface area contributed by atoms with Gasteiger partial charge in [0.15, 0.2) is 0 Å². The standard InChI is InChI=1S/C17H21N3O2S/c21-17(18-16-12-19-9-6-13(16)7-10-19)14-2-4-15(5-3-14)22-20-8-1-11-23-20/h1-5,11,13,16H,6-10,12H2,(H,18,21)/t16-/m0/s1. The predicted octanol–water partition coefficient (Wildman–Crippen LogP) is 2.28. The van der Waals surface area contributed by atoms with E-state index in [1.54, 1.807) is 4.47 Å². The third-order valence-corrected chi connectivity index (χ3v) is 5.60. The largest absolute Gasteiger partial charge is 0.395 e. The molecule has 0 aliphatic carbocycles. The summed E-state index contributed by atoms with van der Waals surface area (Å²) >= 11 is 1.52. The van der Waals surface area contributed by atoms with Gasteiger partial charge in [-0.15, -0.1) is 0 Å². The second-order valence-corrected chi connectivity index (χ2v) is 7.22. The number of carbonyl (C=O) groups is 1. The Morgan fingerprint density at radius 3 is 2.61 bits per heavy atom. The van der Waals surface area contributed by atoms with E-state index >= 15 is 0 Å². The van der Waals surface area contributed by atoms with Gasteiger partial charge >= 0.3 is 0 Å². The van der Waals surface area contributed by atoms with Gasteiger partial charge in [-0.1, -0.05) is 10.5 Å². The van der Waals surface area contributed by atoms with Crippen molar-refractivity contribution in [2.45, 2.75) is 18.9 Å². The Hall–Kier alpha value is -1.50. The molecule has 2 bridgehead atoms. The Morgan fingerprint density at radius 2 is 2.00 bits per heavy atom. The van der Waals surface area contributed by atoms with E-state index < -0.39 is 0 Å². The van der Waals surface area contributed by atoms with Crippen LogP contribution in [0.3, 0.4) is 0 Å². The zero-order valence-corrected chi connectivity index (χ0v) is 13.8. The first kappa shape index (κ1) is 15.1. The maximum Gasteiger partial charge on any atom is 0.251 e. The van der Waals surface area contributed by atoms with Gasteiger partial charge in [0.2, 0.25) is 0 Å².